The lowest BCUT2D eigenvalue weighted by Crippen LogP contribution is -2.33. The highest BCUT2D eigenvalue weighted by Crippen LogP contribution is 2.28. The van der Waals surface area contributed by atoms with Gasteiger partial charge in [0, 0.05) is 35.3 Å². The van der Waals surface area contributed by atoms with E-state index in [0.29, 0.717) is 17.2 Å². The molecule has 7 heteroatoms. The first-order valence-corrected chi connectivity index (χ1v) is 8.16. The van der Waals surface area contributed by atoms with Crippen molar-refractivity contribution in [1.29, 1.82) is 0 Å². The molecule has 0 aromatic heterocycles. The van der Waals surface area contributed by atoms with Crippen LogP contribution in [0.25, 0.3) is 0 Å². The molecule has 134 valence electrons. The minimum Gasteiger partial charge on any atom is -0.476 e. The third kappa shape index (κ3) is 5.09. The Morgan fingerprint density at radius 3 is 2.65 bits per heavy atom. The van der Waals surface area contributed by atoms with Crippen LogP contribution >= 0.6 is 0 Å². The van der Waals surface area contributed by atoms with Crippen LogP contribution in [0, 0.1) is 39.8 Å². The molecule has 1 saturated carbocycles. The van der Waals surface area contributed by atoms with Gasteiger partial charge in [0.25, 0.3) is 0 Å². The minimum absolute atomic E-state index is 0.309. The fourth-order valence-corrected chi connectivity index (χ4v) is 2.24. The van der Waals surface area contributed by atoms with Crippen molar-refractivity contribution in [1.82, 2.24) is 0 Å². The molecule has 1 aliphatic rings. The Morgan fingerprint density at radius 1 is 1.38 bits per heavy atom. The molecule has 1 fully saturated rings. The number of carboxylic acids is 1. The molecule has 0 bridgehead atoms. The second-order valence-corrected chi connectivity index (χ2v) is 5.83. The Morgan fingerprint density at radius 2 is 2.08 bits per heavy atom. The number of anilines is 1. The van der Waals surface area contributed by atoms with Gasteiger partial charge in [0.1, 0.15) is 0 Å². The van der Waals surface area contributed by atoms with E-state index in [4.69, 9.17) is 5.11 Å². The summed E-state index contributed by atoms with van der Waals surface area (Å²) < 4.78 is 0. The molecular weight excluding hydrogens is 336 g/mol. The first-order chi connectivity index (χ1) is 12.4. The number of carboxylic acid groups (broad SMARTS) is 1. The lowest BCUT2D eigenvalue weighted by molar-refractivity contribution is -0.510. The standard InChI is InChI=1S/C19H18N2O5/c1-2-13-20(18(22)12-11-17(19(23)24)21(25)26)16-6-4-3-5-15(16)10-9-14-7-8-14/h3-6,14,17H,7-8,11-12H2,1H3,(H,23,24). The number of aliphatic carboxylic acids is 1. The molecule has 1 aromatic rings. The average Bonchev–Trinajstić information content (AvgIpc) is 3.42. The van der Waals surface area contributed by atoms with Crippen LogP contribution in [0.2, 0.25) is 0 Å². The van der Waals surface area contributed by atoms with Crippen LogP contribution < -0.4 is 4.90 Å². The van der Waals surface area contributed by atoms with Gasteiger partial charge in [-0.05, 0) is 31.9 Å². The molecule has 26 heavy (non-hydrogen) atoms. The molecule has 1 atom stereocenters. The van der Waals surface area contributed by atoms with E-state index in [1.165, 1.54) is 4.90 Å². The summed E-state index contributed by atoms with van der Waals surface area (Å²) in [7, 11) is 0. The van der Waals surface area contributed by atoms with Gasteiger partial charge in [-0.3, -0.25) is 14.9 Å². The Hall–Kier alpha value is -3.32. The fourth-order valence-electron chi connectivity index (χ4n) is 2.24. The highest BCUT2D eigenvalue weighted by molar-refractivity contribution is 5.98. The molecule has 0 spiro atoms. The summed E-state index contributed by atoms with van der Waals surface area (Å²) >= 11 is 0. The first-order valence-electron chi connectivity index (χ1n) is 8.16. The molecule has 7 nitrogen and oxygen atoms in total. The Labute approximate surface area is 151 Å². The molecule has 0 saturated heterocycles. The first kappa shape index (κ1) is 19.0. The van der Waals surface area contributed by atoms with Crippen molar-refractivity contribution in [2.24, 2.45) is 5.92 Å². The van der Waals surface area contributed by atoms with E-state index in [2.05, 4.69) is 23.8 Å². The molecule has 1 aromatic carbocycles. The van der Waals surface area contributed by atoms with Crippen molar-refractivity contribution in [2.45, 2.75) is 38.6 Å². The highest BCUT2D eigenvalue weighted by Gasteiger charge is 2.31. The van der Waals surface area contributed by atoms with Crippen LogP contribution in [0.15, 0.2) is 24.3 Å². The van der Waals surface area contributed by atoms with Crippen molar-refractivity contribution < 1.29 is 19.6 Å². The van der Waals surface area contributed by atoms with Crippen LogP contribution in [0.1, 0.15) is 38.2 Å². The van der Waals surface area contributed by atoms with E-state index in [9.17, 15) is 19.7 Å². The van der Waals surface area contributed by atoms with Gasteiger partial charge in [-0.15, -0.1) is 0 Å². The van der Waals surface area contributed by atoms with Crippen LogP contribution in [0.5, 0.6) is 0 Å². The number of rotatable bonds is 6. The molecule has 2 rings (SSSR count). The summed E-state index contributed by atoms with van der Waals surface area (Å²) in [6.07, 6.45) is 1.43. The lowest BCUT2D eigenvalue weighted by atomic mass is 10.1. The van der Waals surface area contributed by atoms with Crippen LogP contribution in [0.3, 0.4) is 0 Å². The maximum Gasteiger partial charge on any atom is 0.379 e. The van der Waals surface area contributed by atoms with Crippen LogP contribution in [-0.4, -0.2) is 27.9 Å². The van der Waals surface area contributed by atoms with Gasteiger partial charge >= 0.3 is 12.0 Å². The third-order valence-electron chi connectivity index (χ3n) is 3.78. The van der Waals surface area contributed by atoms with E-state index in [1.807, 2.05) is 0 Å². The lowest BCUT2D eigenvalue weighted by Gasteiger charge is -2.17. The Bertz CT molecular complexity index is 823. The molecular formula is C19H18N2O5. The van der Waals surface area contributed by atoms with Crippen molar-refractivity contribution in [2.75, 3.05) is 4.90 Å². The van der Waals surface area contributed by atoms with Gasteiger partial charge in [0.2, 0.25) is 5.91 Å². The van der Waals surface area contributed by atoms with Crippen LogP contribution in [0.4, 0.5) is 5.69 Å². The molecule has 0 radical (unpaired) electrons. The van der Waals surface area contributed by atoms with Gasteiger partial charge in [-0.1, -0.05) is 29.9 Å². The molecule has 0 aliphatic heterocycles. The van der Waals surface area contributed by atoms with Crippen molar-refractivity contribution >= 4 is 17.6 Å². The predicted octanol–water partition coefficient (Wildman–Crippen LogP) is 2.27. The van der Waals surface area contributed by atoms with E-state index in [-0.39, 0.29) is 6.42 Å². The molecule has 0 heterocycles. The zero-order valence-corrected chi connectivity index (χ0v) is 14.3. The van der Waals surface area contributed by atoms with Crippen molar-refractivity contribution in [3.63, 3.8) is 0 Å². The van der Waals surface area contributed by atoms with Gasteiger partial charge in [-0.25, -0.2) is 9.69 Å². The number of hydrogen-bond acceptors (Lipinski definition) is 4. The van der Waals surface area contributed by atoms with Crippen LogP contribution in [-0.2, 0) is 9.59 Å². The van der Waals surface area contributed by atoms with Gasteiger partial charge in [-0.2, -0.15) is 0 Å². The van der Waals surface area contributed by atoms with Crippen molar-refractivity contribution in [3.05, 3.63) is 39.9 Å². The zero-order chi connectivity index (χ0) is 19.1. The maximum absolute atomic E-state index is 12.5. The second kappa shape index (κ2) is 8.68. The van der Waals surface area contributed by atoms with E-state index >= 15 is 0 Å². The largest absolute Gasteiger partial charge is 0.476 e. The topological polar surface area (TPSA) is 101 Å². The SMILES string of the molecule is CC#CN(C(=O)CCC(C(=O)O)[N+](=O)[O-])c1ccccc1C#CC1CC1. The number of nitro groups is 1. The summed E-state index contributed by atoms with van der Waals surface area (Å²) in [5.41, 5.74) is 1.13. The summed E-state index contributed by atoms with van der Waals surface area (Å²) in [6, 6.07) is 7.87. The number of para-hydroxylation sites is 1. The zero-order valence-electron chi connectivity index (χ0n) is 14.3. The minimum atomic E-state index is -1.82. The Kier molecular flexibility index (Phi) is 6.35. The third-order valence-corrected chi connectivity index (χ3v) is 3.78. The monoisotopic (exact) mass is 354 g/mol. The number of carbonyl (C=O) groups is 2. The number of carbonyl (C=O) groups excluding carboxylic acids is 1. The number of nitrogens with zero attached hydrogens (tertiary/aromatic N) is 2. The average molecular weight is 354 g/mol. The van der Waals surface area contributed by atoms with Crippen molar-refractivity contribution in [3.8, 4) is 23.8 Å². The van der Waals surface area contributed by atoms with E-state index in [1.54, 1.807) is 31.2 Å². The number of hydrogen-bond donors (Lipinski definition) is 1. The summed E-state index contributed by atoms with van der Waals surface area (Å²) in [5, 5.41) is 19.7. The molecule has 1 aliphatic carbocycles. The quantitative estimate of drug-likeness (QED) is 0.365. The smallest absolute Gasteiger partial charge is 0.379 e. The predicted molar refractivity (Wildman–Crippen MR) is 94.6 cm³/mol. The fraction of sp³-hybridized carbons (Fsp3) is 0.368. The second-order valence-electron chi connectivity index (χ2n) is 5.83. The van der Waals surface area contributed by atoms with Gasteiger partial charge < -0.3 is 5.11 Å². The molecule has 1 amide bonds. The summed E-state index contributed by atoms with van der Waals surface area (Å²) in [5.74, 6) is 7.14. The Balaban J connectivity index is 2.22. The van der Waals surface area contributed by atoms with E-state index < -0.39 is 29.3 Å². The normalized spacial score (nSPS) is 13.4. The molecule has 1 N–H and O–H groups in total. The van der Waals surface area contributed by atoms with E-state index in [0.717, 1.165) is 12.8 Å². The maximum atomic E-state index is 12.5. The molecule has 1 unspecified atom stereocenters. The van der Waals surface area contributed by atoms with Gasteiger partial charge in [0.05, 0.1) is 5.69 Å². The number of benzene rings is 1. The van der Waals surface area contributed by atoms with Gasteiger partial charge in [0.15, 0.2) is 0 Å². The summed E-state index contributed by atoms with van der Waals surface area (Å²) in [6.45, 7) is 1.57. The highest BCUT2D eigenvalue weighted by atomic mass is 16.6. The number of amides is 1. The summed E-state index contributed by atoms with van der Waals surface area (Å²) in [4.78, 5) is 34.5.